The van der Waals surface area contributed by atoms with E-state index in [0.29, 0.717) is 12.6 Å². The highest BCUT2D eigenvalue weighted by Crippen LogP contribution is 2.33. The molecule has 0 radical (unpaired) electrons. The second-order valence-electron chi connectivity index (χ2n) is 7.28. The molecule has 2 aliphatic heterocycles. The SMILES string of the molecule is O=C(NCCc1cccs1)[C@@H]1CC[C@@H]2[C@@H](CCN2c2ccncn2)O1.O=C(O)C(F)(F)F. The van der Waals surface area contributed by atoms with Crippen molar-refractivity contribution < 1.29 is 32.6 Å². The molecule has 2 N–H and O–H groups in total. The van der Waals surface area contributed by atoms with Crippen molar-refractivity contribution >= 4 is 29.0 Å². The number of aromatic nitrogens is 2. The number of carboxylic acids is 1. The zero-order valence-electron chi connectivity index (χ0n) is 17.0. The Balaban J connectivity index is 0.000000360. The highest BCUT2D eigenvalue weighted by Gasteiger charge is 2.42. The van der Waals surface area contributed by atoms with Crippen LogP contribution in [0, 0.1) is 0 Å². The lowest BCUT2D eigenvalue weighted by Crippen LogP contribution is -2.48. The Labute approximate surface area is 186 Å². The molecule has 0 spiro atoms. The molecule has 0 unspecified atom stereocenters. The second-order valence-corrected chi connectivity index (χ2v) is 8.31. The van der Waals surface area contributed by atoms with Crippen molar-refractivity contribution in [3.8, 4) is 0 Å². The van der Waals surface area contributed by atoms with E-state index in [1.807, 2.05) is 12.1 Å². The Morgan fingerprint density at radius 3 is 2.69 bits per heavy atom. The molecule has 2 aliphatic rings. The largest absolute Gasteiger partial charge is 0.490 e. The van der Waals surface area contributed by atoms with Crippen molar-refractivity contribution in [2.24, 2.45) is 0 Å². The van der Waals surface area contributed by atoms with Crippen LogP contribution in [0.1, 0.15) is 24.1 Å². The summed E-state index contributed by atoms with van der Waals surface area (Å²) in [5.41, 5.74) is 0. The van der Waals surface area contributed by atoms with Gasteiger partial charge in [0.05, 0.1) is 12.1 Å². The average Bonchev–Trinajstić information content (AvgIpc) is 3.43. The first-order valence-electron chi connectivity index (χ1n) is 10.0. The van der Waals surface area contributed by atoms with Gasteiger partial charge in [-0.1, -0.05) is 6.07 Å². The fourth-order valence-corrected chi connectivity index (χ4v) is 4.44. The van der Waals surface area contributed by atoms with E-state index in [2.05, 4.69) is 31.6 Å². The predicted octanol–water partition coefficient (Wildman–Crippen LogP) is 2.66. The van der Waals surface area contributed by atoms with Crippen LogP contribution in [-0.4, -0.2) is 64.5 Å². The molecule has 2 aromatic heterocycles. The number of amides is 1. The molecule has 32 heavy (non-hydrogen) atoms. The molecule has 8 nitrogen and oxygen atoms in total. The number of thiophene rings is 1. The number of aliphatic carboxylic acids is 1. The summed E-state index contributed by atoms with van der Waals surface area (Å²) in [7, 11) is 0. The van der Waals surface area contributed by atoms with E-state index in [1.165, 1.54) is 4.88 Å². The van der Waals surface area contributed by atoms with Gasteiger partial charge in [0, 0.05) is 24.2 Å². The van der Waals surface area contributed by atoms with Crippen LogP contribution in [0.5, 0.6) is 0 Å². The Bertz CT molecular complexity index is 883. The number of anilines is 1. The van der Waals surface area contributed by atoms with E-state index in [9.17, 15) is 18.0 Å². The Morgan fingerprint density at radius 2 is 2.06 bits per heavy atom. The summed E-state index contributed by atoms with van der Waals surface area (Å²) in [6.07, 6.45) is 1.58. The smallest absolute Gasteiger partial charge is 0.475 e. The third-order valence-corrected chi connectivity index (χ3v) is 6.13. The van der Waals surface area contributed by atoms with Gasteiger partial charge in [-0.05, 0) is 43.2 Å². The van der Waals surface area contributed by atoms with E-state index in [4.69, 9.17) is 14.6 Å². The van der Waals surface area contributed by atoms with E-state index >= 15 is 0 Å². The molecule has 0 saturated carbocycles. The van der Waals surface area contributed by atoms with Gasteiger partial charge < -0.3 is 20.1 Å². The molecule has 4 rings (SSSR count). The molecule has 2 fully saturated rings. The maximum absolute atomic E-state index is 12.4. The summed E-state index contributed by atoms with van der Waals surface area (Å²) in [6, 6.07) is 6.38. The monoisotopic (exact) mass is 472 g/mol. The van der Waals surface area contributed by atoms with Gasteiger partial charge in [-0.15, -0.1) is 11.3 Å². The number of ether oxygens (including phenoxy) is 1. The number of carbonyl (C=O) groups is 2. The van der Waals surface area contributed by atoms with Gasteiger partial charge in [0.2, 0.25) is 5.91 Å². The molecule has 2 saturated heterocycles. The molecule has 0 aromatic carbocycles. The van der Waals surface area contributed by atoms with Crippen LogP contribution in [-0.2, 0) is 20.7 Å². The number of hydrogen-bond donors (Lipinski definition) is 2. The zero-order valence-corrected chi connectivity index (χ0v) is 17.8. The summed E-state index contributed by atoms with van der Waals surface area (Å²) in [5.74, 6) is -1.78. The highest BCUT2D eigenvalue weighted by molar-refractivity contribution is 7.09. The number of hydrogen-bond acceptors (Lipinski definition) is 7. The first-order valence-corrected chi connectivity index (χ1v) is 10.9. The van der Waals surface area contributed by atoms with Crippen molar-refractivity contribution in [1.82, 2.24) is 15.3 Å². The number of alkyl halides is 3. The Hall–Kier alpha value is -2.73. The van der Waals surface area contributed by atoms with Crippen LogP contribution in [0.2, 0.25) is 0 Å². The molecule has 174 valence electrons. The van der Waals surface area contributed by atoms with Crippen LogP contribution < -0.4 is 10.2 Å². The fourth-order valence-electron chi connectivity index (χ4n) is 3.74. The predicted molar refractivity (Wildman–Crippen MR) is 110 cm³/mol. The van der Waals surface area contributed by atoms with Crippen molar-refractivity contribution in [2.75, 3.05) is 18.0 Å². The first kappa shape index (κ1) is 23.9. The van der Waals surface area contributed by atoms with Crippen LogP contribution >= 0.6 is 11.3 Å². The maximum atomic E-state index is 12.4. The average molecular weight is 472 g/mol. The lowest BCUT2D eigenvalue weighted by molar-refractivity contribution is -0.192. The number of nitrogens with one attached hydrogen (secondary N) is 1. The molecular formula is C20H23F3N4O4S. The summed E-state index contributed by atoms with van der Waals surface area (Å²) < 4.78 is 37.9. The molecule has 0 bridgehead atoms. The topological polar surface area (TPSA) is 105 Å². The van der Waals surface area contributed by atoms with Gasteiger partial charge in [-0.25, -0.2) is 14.8 Å². The standard InChI is InChI=1S/C18H22N4O2S.C2HF3O2/c23-18(20-9-5-13-2-1-11-25-13)16-4-3-14-15(24-16)7-10-22(14)17-6-8-19-12-21-17;3-2(4,5)1(6)7/h1-2,6,8,11-12,14-16H,3-5,7,9-10H2,(H,20,23);(H,6,7)/t14-,15-,16+;/m1./s1. The third kappa shape index (κ3) is 6.39. The summed E-state index contributed by atoms with van der Waals surface area (Å²) in [4.78, 5) is 33.2. The van der Waals surface area contributed by atoms with E-state index in [-0.39, 0.29) is 18.1 Å². The van der Waals surface area contributed by atoms with E-state index in [1.54, 1.807) is 23.9 Å². The fraction of sp³-hybridized carbons (Fsp3) is 0.500. The van der Waals surface area contributed by atoms with E-state index < -0.39 is 12.1 Å². The number of halogens is 3. The van der Waals surface area contributed by atoms with Crippen LogP contribution in [0.3, 0.4) is 0 Å². The maximum Gasteiger partial charge on any atom is 0.490 e. The summed E-state index contributed by atoms with van der Waals surface area (Å²) in [6.45, 7) is 1.58. The minimum atomic E-state index is -5.08. The van der Waals surface area contributed by atoms with Crippen molar-refractivity contribution in [3.63, 3.8) is 0 Å². The van der Waals surface area contributed by atoms with Gasteiger partial charge >= 0.3 is 12.1 Å². The van der Waals surface area contributed by atoms with Gasteiger partial charge in [0.15, 0.2) is 0 Å². The van der Waals surface area contributed by atoms with Crippen molar-refractivity contribution in [2.45, 2.75) is 50.1 Å². The number of carboxylic acid groups (broad SMARTS) is 1. The van der Waals surface area contributed by atoms with Gasteiger partial charge in [0.25, 0.3) is 0 Å². The third-order valence-electron chi connectivity index (χ3n) is 5.19. The lowest BCUT2D eigenvalue weighted by Gasteiger charge is -2.35. The summed E-state index contributed by atoms with van der Waals surface area (Å²) >= 11 is 1.72. The Morgan fingerprint density at radius 1 is 1.28 bits per heavy atom. The van der Waals surface area contributed by atoms with Gasteiger partial charge in [-0.2, -0.15) is 13.2 Å². The van der Waals surface area contributed by atoms with Crippen molar-refractivity contribution in [3.05, 3.63) is 41.0 Å². The minimum Gasteiger partial charge on any atom is -0.475 e. The molecule has 2 aromatic rings. The van der Waals surface area contributed by atoms with Crippen LogP contribution in [0.15, 0.2) is 36.1 Å². The lowest BCUT2D eigenvalue weighted by atomic mass is 9.98. The number of fused-ring (bicyclic) bond motifs is 1. The number of carbonyl (C=O) groups excluding carboxylic acids is 1. The van der Waals surface area contributed by atoms with Gasteiger partial charge in [-0.3, -0.25) is 4.79 Å². The first-order chi connectivity index (χ1) is 15.3. The molecule has 12 heteroatoms. The quantitative estimate of drug-likeness (QED) is 0.689. The Kier molecular flexibility index (Phi) is 8.02. The molecular weight excluding hydrogens is 449 g/mol. The second kappa shape index (κ2) is 10.7. The molecule has 0 aliphatic carbocycles. The molecule has 3 atom stereocenters. The highest BCUT2D eigenvalue weighted by atomic mass is 32.1. The van der Waals surface area contributed by atoms with Crippen LogP contribution in [0.4, 0.5) is 19.0 Å². The minimum absolute atomic E-state index is 0.0236. The van der Waals surface area contributed by atoms with Crippen molar-refractivity contribution in [1.29, 1.82) is 0 Å². The number of rotatable bonds is 5. The molecule has 1 amide bonds. The van der Waals surface area contributed by atoms with Crippen LogP contribution in [0.25, 0.3) is 0 Å². The zero-order chi connectivity index (χ0) is 23.1. The normalized spacial score (nSPS) is 22.5. The molecule has 4 heterocycles. The number of nitrogens with zero attached hydrogens (tertiary/aromatic N) is 3. The summed E-state index contributed by atoms with van der Waals surface area (Å²) in [5, 5.41) is 12.2. The van der Waals surface area contributed by atoms with Gasteiger partial charge in [0.1, 0.15) is 18.2 Å². The van der Waals surface area contributed by atoms with E-state index in [0.717, 1.165) is 38.0 Å².